The van der Waals surface area contributed by atoms with E-state index in [2.05, 4.69) is 5.32 Å². The number of amides is 1. The quantitative estimate of drug-likeness (QED) is 0.193. The molecule has 3 aromatic rings. The third kappa shape index (κ3) is 5.91. The number of rotatable bonds is 8. The molecule has 34 heavy (non-hydrogen) atoms. The minimum Gasteiger partial charge on any atom is -0.493 e. The molecule has 1 N–H and O–H groups in total. The molecule has 8 nitrogen and oxygen atoms in total. The van der Waals surface area contributed by atoms with Gasteiger partial charge in [0.25, 0.3) is 11.6 Å². The van der Waals surface area contributed by atoms with Crippen molar-refractivity contribution in [3.05, 3.63) is 98.1 Å². The summed E-state index contributed by atoms with van der Waals surface area (Å²) in [6.07, 6.45) is 1.43. The average molecular weight is 478 g/mol. The zero-order valence-electron chi connectivity index (χ0n) is 18.4. The molecule has 0 bridgehead atoms. The van der Waals surface area contributed by atoms with Gasteiger partial charge in [-0.15, -0.1) is 0 Å². The first-order valence-corrected chi connectivity index (χ1v) is 10.4. The first kappa shape index (κ1) is 24.3. The maximum Gasteiger partial charge on any atom is 0.269 e. The molecule has 0 aliphatic carbocycles. The first-order chi connectivity index (χ1) is 16.3. The zero-order valence-corrected chi connectivity index (χ0v) is 19.1. The van der Waals surface area contributed by atoms with E-state index in [0.717, 1.165) is 0 Å². The van der Waals surface area contributed by atoms with Crippen LogP contribution in [0.4, 0.5) is 11.4 Å². The lowest BCUT2D eigenvalue weighted by Crippen LogP contribution is -2.14. The summed E-state index contributed by atoms with van der Waals surface area (Å²) in [5, 5.41) is 23.6. The number of carbonyl (C=O) groups excluding carboxylic acids is 1. The molecule has 0 saturated carbocycles. The van der Waals surface area contributed by atoms with Crippen molar-refractivity contribution < 1.29 is 19.2 Å². The second-order valence-corrected chi connectivity index (χ2v) is 7.57. The summed E-state index contributed by atoms with van der Waals surface area (Å²) in [6, 6.07) is 18.1. The van der Waals surface area contributed by atoms with Crippen LogP contribution in [0.15, 0.2) is 66.2 Å². The molecule has 0 unspecified atom stereocenters. The number of ether oxygens (including phenoxy) is 2. The van der Waals surface area contributed by atoms with Gasteiger partial charge in [0.05, 0.1) is 12.0 Å². The summed E-state index contributed by atoms with van der Waals surface area (Å²) in [6.45, 7) is 1.86. The SMILES string of the molecule is COc1cc(/C=C(\C#N)C(=O)Nc2cccc(Cl)c2C)ccc1OCc1cccc([N+](=O)[O-])c1. The first-order valence-electron chi connectivity index (χ1n) is 10.0. The second-order valence-electron chi connectivity index (χ2n) is 7.16. The maximum absolute atomic E-state index is 12.6. The van der Waals surface area contributed by atoms with Crippen molar-refractivity contribution in [3.8, 4) is 17.6 Å². The minimum absolute atomic E-state index is 0.0242. The molecule has 0 aliphatic rings. The number of carbonyl (C=O) groups is 1. The number of hydrogen-bond acceptors (Lipinski definition) is 6. The molecule has 0 saturated heterocycles. The normalized spacial score (nSPS) is 10.8. The van der Waals surface area contributed by atoms with Crippen LogP contribution in [-0.2, 0) is 11.4 Å². The molecular formula is C25H20ClN3O5. The molecule has 0 aromatic heterocycles. The fourth-order valence-corrected chi connectivity index (χ4v) is 3.24. The maximum atomic E-state index is 12.6. The van der Waals surface area contributed by atoms with Gasteiger partial charge in [-0.3, -0.25) is 14.9 Å². The highest BCUT2D eigenvalue weighted by atomic mass is 35.5. The molecule has 0 radical (unpaired) electrons. The number of hydrogen-bond donors (Lipinski definition) is 1. The zero-order chi connectivity index (χ0) is 24.7. The Balaban J connectivity index is 1.77. The number of methoxy groups -OCH3 is 1. The summed E-state index contributed by atoms with van der Waals surface area (Å²) in [4.78, 5) is 23.1. The van der Waals surface area contributed by atoms with Crippen molar-refractivity contribution in [2.45, 2.75) is 13.5 Å². The van der Waals surface area contributed by atoms with Crippen molar-refractivity contribution in [2.24, 2.45) is 0 Å². The Hall–Kier alpha value is -4.35. The van der Waals surface area contributed by atoms with E-state index >= 15 is 0 Å². The minimum atomic E-state index is -0.571. The van der Waals surface area contributed by atoms with Crippen LogP contribution >= 0.6 is 11.6 Å². The summed E-state index contributed by atoms with van der Waals surface area (Å²) in [5.41, 5.74) is 2.26. The Morgan fingerprint density at radius 1 is 1.18 bits per heavy atom. The summed E-state index contributed by atoms with van der Waals surface area (Å²) in [5.74, 6) is 0.212. The number of halogens is 1. The number of nitro benzene ring substituents is 1. The number of nitrogens with zero attached hydrogens (tertiary/aromatic N) is 2. The molecule has 3 rings (SSSR count). The topological polar surface area (TPSA) is 114 Å². The van der Waals surface area contributed by atoms with Crippen LogP contribution in [0.2, 0.25) is 5.02 Å². The van der Waals surface area contributed by atoms with Gasteiger partial charge in [0.1, 0.15) is 18.2 Å². The third-order valence-electron chi connectivity index (χ3n) is 4.90. The van der Waals surface area contributed by atoms with Crippen molar-refractivity contribution in [1.82, 2.24) is 0 Å². The lowest BCUT2D eigenvalue weighted by molar-refractivity contribution is -0.384. The lowest BCUT2D eigenvalue weighted by atomic mass is 10.1. The van der Waals surface area contributed by atoms with Gasteiger partial charge in [0, 0.05) is 22.8 Å². The molecule has 172 valence electrons. The van der Waals surface area contributed by atoms with E-state index in [4.69, 9.17) is 21.1 Å². The van der Waals surface area contributed by atoms with Gasteiger partial charge in [-0.05, 0) is 54.0 Å². The van der Waals surface area contributed by atoms with Crippen LogP contribution < -0.4 is 14.8 Å². The Kier molecular flexibility index (Phi) is 7.85. The van der Waals surface area contributed by atoms with E-state index in [1.165, 1.54) is 25.3 Å². The third-order valence-corrected chi connectivity index (χ3v) is 5.30. The van der Waals surface area contributed by atoms with Gasteiger partial charge in [-0.2, -0.15) is 5.26 Å². The fraction of sp³-hybridized carbons (Fsp3) is 0.120. The Labute approximate surface area is 201 Å². The number of non-ortho nitro benzene ring substituents is 1. The van der Waals surface area contributed by atoms with Gasteiger partial charge in [-0.25, -0.2) is 0 Å². The molecular weight excluding hydrogens is 458 g/mol. The monoisotopic (exact) mass is 477 g/mol. The lowest BCUT2D eigenvalue weighted by Gasteiger charge is -2.12. The number of nitrogens with one attached hydrogen (secondary N) is 1. The van der Waals surface area contributed by atoms with E-state index in [0.29, 0.717) is 38.9 Å². The van der Waals surface area contributed by atoms with Gasteiger partial charge >= 0.3 is 0 Å². The highest BCUT2D eigenvalue weighted by Gasteiger charge is 2.13. The number of nitro groups is 1. The van der Waals surface area contributed by atoms with Crippen molar-refractivity contribution in [2.75, 3.05) is 12.4 Å². The van der Waals surface area contributed by atoms with Gasteiger partial charge in [0.2, 0.25) is 0 Å². The molecule has 0 heterocycles. The van der Waals surface area contributed by atoms with Crippen molar-refractivity contribution >= 4 is 35.0 Å². The van der Waals surface area contributed by atoms with E-state index in [-0.39, 0.29) is 17.9 Å². The molecule has 0 atom stereocenters. The molecule has 1 amide bonds. The summed E-state index contributed by atoms with van der Waals surface area (Å²) in [7, 11) is 1.46. The Bertz CT molecular complexity index is 1310. The highest BCUT2D eigenvalue weighted by molar-refractivity contribution is 6.31. The number of nitriles is 1. The second kappa shape index (κ2) is 11.0. The molecule has 0 aliphatic heterocycles. The van der Waals surface area contributed by atoms with E-state index in [9.17, 15) is 20.2 Å². The largest absolute Gasteiger partial charge is 0.493 e. The predicted octanol–water partition coefficient (Wildman–Crippen LogP) is 5.69. The van der Waals surface area contributed by atoms with E-state index in [1.807, 2.05) is 6.07 Å². The van der Waals surface area contributed by atoms with Crippen LogP contribution in [0, 0.1) is 28.4 Å². The molecule has 3 aromatic carbocycles. The van der Waals surface area contributed by atoms with Crippen LogP contribution in [0.3, 0.4) is 0 Å². The van der Waals surface area contributed by atoms with Gasteiger partial charge in [-0.1, -0.05) is 35.9 Å². The molecule has 0 fully saturated rings. The van der Waals surface area contributed by atoms with Crippen LogP contribution in [0.25, 0.3) is 6.08 Å². The van der Waals surface area contributed by atoms with Crippen LogP contribution in [0.5, 0.6) is 11.5 Å². The van der Waals surface area contributed by atoms with E-state index < -0.39 is 10.8 Å². The standard InChI is InChI=1S/C25H20ClN3O5/c1-16-21(26)7-4-8-22(16)28-25(30)19(14-27)11-17-9-10-23(24(13-17)33-2)34-15-18-5-3-6-20(12-18)29(31)32/h3-13H,15H2,1-2H3,(H,28,30)/b19-11+. The van der Waals surface area contributed by atoms with Crippen molar-refractivity contribution in [1.29, 1.82) is 5.26 Å². The van der Waals surface area contributed by atoms with E-state index in [1.54, 1.807) is 55.5 Å². The van der Waals surface area contributed by atoms with Crippen molar-refractivity contribution in [3.63, 3.8) is 0 Å². The Morgan fingerprint density at radius 2 is 1.94 bits per heavy atom. The highest BCUT2D eigenvalue weighted by Crippen LogP contribution is 2.30. The van der Waals surface area contributed by atoms with Crippen LogP contribution in [0.1, 0.15) is 16.7 Å². The molecule has 9 heteroatoms. The average Bonchev–Trinajstić information content (AvgIpc) is 2.84. The number of benzene rings is 3. The Morgan fingerprint density at radius 3 is 2.65 bits per heavy atom. The molecule has 0 spiro atoms. The van der Waals surface area contributed by atoms with Crippen LogP contribution in [-0.4, -0.2) is 17.9 Å². The summed E-state index contributed by atoms with van der Waals surface area (Å²) < 4.78 is 11.1. The smallest absolute Gasteiger partial charge is 0.269 e. The van der Waals surface area contributed by atoms with Gasteiger partial charge in [0.15, 0.2) is 11.5 Å². The predicted molar refractivity (Wildman–Crippen MR) is 129 cm³/mol. The van der Waals surface area contributed by atoms with Gasteiger partial charge < -0.3 is 14.8 Å². The summed E-state index contributed by atoms with van der Waals surface area (Å²) >= 11 is 6.09. The fourth-order valence-electron chi connectivity index (χ4n) is 3.06. The number of anilines is 1.